The lowest BCUT2D eigenvalue weighted by atomic mass is 10.1. The van der Waals surface area contributed by atoms with Crippen molar-refractivity contribution in [1.29, 1.82) is 0 Å². The lowest BCUT2D eigenvalue weighted by Crippen LogP contribution is -2.40. The van der Waals surface area contributed by atoms with E-state index in [2.05, 4.69) is 10.2 Å². The van der Waals surface area contributed by atoms with Gasteiger partial charge in [0.15, 0.2) is 0 Å². The first-order valence-electron chi connectivity index (χ1n) is 7.03. The molecule has 1 aliphatic heterocycles. The molecule has 0 radical (unpaired) electrons. The number of likely N-dealkylation sites (tertiary alicyclic amines) is 1. The standard InChI is InChI=1S/C15H20Cl2N2O/c1-11(13-6-5-12(16)9-14(13)17)18-15(20)10-19-7-3-2-4-8-19/h5-6,9,11H,2-4,7-8,10H2,1H3,(H,18,20)/t11-/m0/s1. The molecule has 5 heteroatoms. The predicted octanol–water partition coefficient (Wildman–Crippen LogP) is 3.66. The molecule has 1 amide bonds. The Labute approximate surface area is 130 Å². The number of carbonyl (C=O) groups excluding carboxylic acids is 1. The van der Waals surface area contributed by atoms with Crippen LogP contribution in [-0.4, -0.2) is 30.4 Å². The number of rotatable bonds is 4. The molecule has 0 bridgehead atoms. The summed E-state index contributed by atoms with van der Waals surface area (Å²) in [5, 5.41) is 4.18. The van der Waals surface area contributed by atoms with Crippen molar-refractivity contribution >= 4 is 29.1 Å². The molecule has 0 aromatic heterocycles. The highest BCUT2D eigenvalue weighted by molar-refractivity contribution is 6.35. The molecule has 20 heavy (non-hydrogen) atoms. The highest BCUT2D eigenvalue weighted by Gasteiger charge is 2.17. The molecule has 1 aromatic carbocycles. The number of hydrogen-bond donors (Lipinski definition) is 1. The third kappa shape index (κ3) is 4.37. The molecule has 1 atom stereocenters. The molecule has 2 rings (SSSR count). The lowest BCUT2D eigenvalue weighted by molar-refractivity contribution is -0.123. The van der Waals surface area contributed by atoms with E-state index in [1.54, 1.807) is 12.1 Å². The molecule has 110 valence electrons. The molecule has 0 spiro atoms. The lowest BCUT2D eigenvalue weighted by Gasteiger charge is -2.26. The summed E-state index contributed by atoms with van der Waals surface area (Å²) in [5.74, 6) is 0.0467. The van der Waals surface area contributed by atoms with Gasteiger partial charge in [0, 0.05) is 10.0 Å². The fourth-order valence-corrected chi connectivity index (χ4v) is 3.11. The summed E-state index contributed by atoms with van der Waals surface area (Å²) in [4.78, 5) is 14.3. The first-order valence-corrected chi connectivity index (χ1v) is 7.78. The monoisotopic (exact) mass is 314 g/mol. The minimum absolute atomic E-state index is 0.0467. The molecule has 1 aliphatic rings. The van der Waals surface area contributed by atoms with E-state index >= 15 is 0 Å². The van der Waals surface area contributed by atoms with E-state index in [9.17, 15) is 4.79 Å². The Bertz CT molecular complexity index is 473. The van der Waals surface area contributed by atoms with E-state index in [0.29, 0.717) is 16.6 Å². The van der Waals surface area contributed by atoms with Gasteiger partial charge in [0.2, 0.25) is 5.91 Å². The number of benzene rings is 1. The van der Waals surface area contributed by atoms with E-state index in [4.69, 9.17) is 23.2 Å². The van der Waals surface area contributed by atoms with E-state index in [1.807, 2.05) is 13.0 Å². The second-order valence-electron chi connectivity index (χ2n) is 5.29. The molecule has 1 heterocycles. The first-order chi connectivity index (χ1) is 9.56. The average Bonchev–Trinajstić information content (AvgIpc) is 2.39. The van der Waals surface area contributed by atoms with Gasteiger partial charge in [0.1, 0.15) is 0 Å². The minimum atomic E-state index is -0.114. The van der Waals surface area contributed by atoms with Crippen LogP contribution in [-0.2, 0) is 4.79 Å². The summed E-state index contributed by atoms with van der Waals surface area (Å²) >= 11 is 12.0. The summed E-state index contributed by atoms with van der Waals surface area (Å²) in [7, 11) is 0. The van der Waals surface area contributed by atoms with Crippen LogP contribution >= 0.6 is 23.2 Å². The van der Waals surface area contributed by atoms with E-state index in [-0.39, 0.29) is 11.9 Å². The van der Waals surface area contributed by atoms with Crippen molar-refractivity contribution in [3.05, 3.63) is 33.8 Å². The van der Waals surface area contributed by atoms with Crippen molar-refractivity contribution in [2.45, 2.75) is 32.2 Å². The summed E-state index contributed by atoms with van der Waals surface area (Å²) in [6, 6.07) is 5.23. The van der Waals surface area contributed by atoms with Crippen LogP contribution in [0.15, 0.2) is 18.2 Å². The molecule has 1 N–H and O–H groups in total. The van der Waals surface area contributed by atoms with Crippen molar-refractivity contribution in [2.24, 2.45) is 0 Å². The zero-order valence-corrected chi connectivity index (χ0v) is 13.2. The van der Waals surface area contributed by atoms with Gasteiger partial charge in [-0.05, 0) is 50.6 Å². The van der Waals surface area contributed by atoms with Crippen LogP contribution < -0.4 is 5.32 Å². The van der Waals surface area contributed by atoms with Gasteiger partial charge >= 0.3 is 0 Å². The maximum Gasteiger partial charge on any atom is 0.234 e. The first kappa shape index (κ1) is 15.6. The minimum Gasteiger partial charge on any atom is -0.348 e. The van der Waals surface area contributed by atoms with Crippen LogP contribution in [0.25, 0.3) is 0 Å². The molecular weight excluding hydrogens is 295 g/mol. The van der Waals surface area contributed by atoms with Crippen LogP contribution in [0, 0.1) is 0 Å². The SMILES string of the molecule is C[C@H](NC(=O)CN1CCCCC1)c1ccc(Cl)cc1Cl. The zero-order valence-electron chi connectivity index (χ0n) is 11.7. The third-order valence-electron chi connectivity index (χ3n) is 3.62. The summed E-state index contributed by atoms with van der Waals surface area (Å²) in [5.41, 5.74) is 0.892. The van der Waals surface area contributed by atoms with Crippen LogP contribution in [0.1, 0.15) is 37.8 Å². The van der Waals surface area contributed by atoms with E-state index in [0.717, 1.165) is 18.7 Å². The van der Waals surface area contributed by atoms with Crippen molar-refractivity contribution in [1.82, 2.24) is 10.2 Å². The second kappa shape index (κ2) is 7.30. The number of carbonyl (C=O) groups is 1. The number of nitrogens with one attached hydrogen (secondary N) is 1. The van der Waals surface area contributed by atoms with E-state index in [1.165, 1.54) is 19.3 Å². The summed E-state index contributed by atoms with van der Waals surface area (Å²) in [6.07, 6.45) is 3.65. The van der Waals surface area contributed by atoms with Gasteiger partial charge in [-0.1, -0.05) is 35.7 Å². The number of nitrogens with zero attached hydrogens (tertiary/aromatic N) is 1. The van der Waals surface area contributed by atoms with Gasteiger partial charge in [0.05, 0.1) is 12.6 Å². The predicted molar refractivity (Wildman–Crippen MR) is 83.3 cm³/mol. The Balaban J connectivity index is 1.89. The van der Waals surface area contributed by atoms with Gasteiger partial charge < -0.3 is 5.32 Å². The van der Waals surface area contributed by atoms with Gasteiger partial charge in [-0.2, -0.15) is 0 Å². The summed E-state index contributed by atoms with van der Waals surface area (Å²) in [6.45, 7) is 4.44. The van der Waals surface area contributed by atoms with Crippen LogP contribution in [0.2, 0.25) is 10.0 Å². The van der Waals surface area contributed by atoms with Crippen molar-refractivity contribution in [2.75, 3.05) is 19.6 Å². The molecule has 0 saturated carbocycles. The molecular formula is C15H20Cl2N2O. The number of hydrogen-bond acceptors (Lipinski definition) is 2. The van der Waals surface area contributed by atoms with Gasteiger partial charge in [-0.15, -0.1) is 0 Å². The fraction of sp³-hybridized carbons (Fsp3) is 0.533. The van der Waals surface area contributed by atoms with Crippen molar-refractivity contribution in [3.63, 3.8) is 0 Å². The highest BCUT2D eigenvalue weighted by atomic mass is 35.5. The molecule has 0 aliphatic carbocycles. The Hall–Kier alpha value is -0.770. The Morgan fingerprint density at radius 3 is 2.65 bits per heavy atom. The van der Waals surface area contributed by atoms with E-state index < -0.39 is 0 Å². The Morgan fingerprint density at radius 1 is 1.30 bits per heavy atom. The van der Waals surface area contributed by atoms with Crippen molar-refractivity contribution < 1.29 is 4.79 Å². The molecule has 1 fully saturated rings. The fourth-order valence-electron chi connectivity index (χ4n) is 2.54. The van der Waals surface area contributed by atoms with Gasteiger partial charge in [-0.25, -0.2) is 0 Å². The number of amides is 1. The topological polar surface area (TPSA) is 32.3 Å². The number of piperidine rings is 1. The third-order valence-corrected chi connectivity index (χ3v) is 4.18. The molecule has 1 saturated heterocycles. The molecule has 0 unspecified atom stereocenters. The largest absolute Gasteiger partial charge is 0.348 e. The van der Waals surface area contributed by atoms with Crippen LogP contribution in [0.4, 0.5) is 0 Å². The maximum atomic E-state index is 12.1. The van der Waals surface area contributed by atoms with Crippen LogP contribution in [0.5, 0.6) is 0 Å². The van der Waals surface area contributed by atoms with Crippen molar-refractivity contribution in [3.8, 4) is 0 Å². The smallest absolute Gasteiger partial charge is 0.234 e. The normalized spacial score (nSPS) is 17.8. The Morgan fingerprint density at radius 2 is 2.00 bits per heavy atom. The Kier molecular flexibility index (Phi) is 5.70. The quantitative estimate of drug-likeness (QED) is 0.920. The number of halogens is 2. The highest BCUT2D eigenvalue weighted by Crippen LogP contribution is 2.26. The summed E-state index contributed by atoms with van der Waals surface area (Å²) < 4.78 is 0. The van der Waals surface area contributed by atoms with Gasteiger partial charge in [-0.3, -0.25) is 9.69 Å². The second-order valence-corrected chi connectivity index (χ2v) is 6.14. The van der Waals surface area contributed by atoms with Crippen LogP contribution in [0.3, 0.4) is 0 Å². The maximum absolute atomic E-state index is 12.1. The zero-order chi connectivity index (χ0) is 14.5. The van der Waals surface area contributed by atoms with Gasteiger partial charge in [0.25, 0.3) is 0 Å². The average molecular weight is 315 g/mol. The molecule has 3 nitrogen and oxygen atoms in total. The molecule has 1 aromatic rings.